The Bertz CT molecular complexity index is 519. The predicted molar refractivity (Wildman–Crippen MR) is 87.9 cm³/mol. The molecule has 1 fully saturated rings. The average molecular weight is 304 g/mol. The molecule has 1 aromatic carbocycles. The Morgan fingerprint density at radius 3 is 2.50 bits per heavy atom. The smallest absolute Gasteiger partial charge is 0.269 e. The van der Waals surface area contributed by atoms with Gasteiger partial charge in [-0.1, -0.05) is 25.0 Å². The molecule has 0 aromatic heterocycles. The van der Waals surface area contributed by atoms with Crippen LogP contribution >= 0.6 is 0 Å². The zero-order valence-electron chi connectivity index (χ0n) is 13.2. The molecule has 0 bridgehead atoms. The van der Waals surface area contributed by atoms with Crippen LogP contribution in [0.25, 0.3) is 0 Å². The third-order valence-corrected chi connectivity index (χ3v) is 3.69. The van der Waals surface area contributed by atoms with Crippen LogP contribution in [0, 0.1) is 10.1 Å². The first-order valence-corrected chi connectivity index (χ1v) is 7.85. The number of guanidine groups is 1. The SMILES string of the molecule is CC(C)NC(=NCc1ccc([N+](=O)[O-])cc1)NC1CCCC1. The minimum Gasteiger partial charge on any atom is -0.354 e. The number of nitro benzene ring substituents is 1. The number of hydrogen-bond acceptors (Lipinski definition) is 3. The molecule has 1 aliphatic carbocycles. The van der Waals surface area contributed by atoms with E-state index in [1.54, 1.807) is 12.1 Å². The average Bonchev–Trinajstić information content (AvgIpc) is 2.97. The lowest BCUT2D eigenvalue weighted by atomic mass is 10.2. The second kappa shape index (κ2) is 7.77. The second-order valence-corrected chi connectivity index (χ2v) is 6.01. The lowest BCUT2D eigenvalue weighted by Crippen LogP contribution is -2.45. The van der Waals surface area contributed by atoms with Gasteiger partial charge in [0.25, 0.3) is 5.69 Å². The van der Waals surface area contributed by atoms with Gasteiger partial charge in [-0.2, -0.15) is 0 Å². The van der Waals surface area contributed by atoms with Gasteiger partial charge in [-0.3, -0.25) is 10.1 Å². The lowest BCUT2D eigenvalue weighted by molar-refractivity contribution is -0.384. The molecule has 0 radical (unpaired) electrons. The highest BCUT2D eigenvalue weighted by atomic mass is 16.6. The molecule has 6 heteroatoms. The molecule has 1 aromatic rings. The number of nitrogens with zero attached hydrogens (tertiary/aromatic N) is 2. The van der Waals surface area contributed by atoms with Gasteiger partial charge in [0.05, 0.1) is 11.5 Å². The molecule has 1 saturated carbocycles. The van der Waals surface area contributed by atoms with E-state index in [0.29, 0.717) is 18.6 Å². The van der Waals surface area contributed by atoms with Crippen molar-refractivity contribution in [2.45, 2.75) is 58.2 Å². The van der Waals surface area contributed by atoms with E-state index >= 15 is 0 Å². The third-order valence-electron chi connectivity index (χ3n) is 3.69. The number of non-ortho nitro benzene ring substituents is 1. The maximum Gasteiger partial charge on any atom is 0.269 e. The quantitative estimate of drug-likeness (QED) is 0.379. The van der Waals surface area contributed by atoms with Gasteiger partial charge in [0, 0.05) is 24.2 Å². The van der Waals surface area contributed by atoms with Crippen LogP contribution in [0.5, 0.6) is 0 Å². The minimum absolute atomic E-state index is 0.109. The van der Waals surface area contributed by atoms with Crippen molar-refractivity contribution in [2.24, 2.45) is 4.99 Å². The minimum atomic E-state index is -0.388. The third kappa shape index (κ3) is 5.02. The summed E-state index contributed by atoms with van der Waals surface area (Å²) < 4.78 is 0. The van der Waals surface area contributed by atoms with Crippen LogP contribution in [-0.2, 0) is 6.54 Å². The number of nitro groups is 1. The number of benzene rings is 1. The van der Waals surface area contributed by atoms with Gasteiger partial charge in [0.1, 0.15) is 0 Å². The van der Waals surface area contributed by atoms with Gasteiger partial charge in [-0.15, -0.1) is 0 Å². The first-order valence-electron chi connectivity index (χ1n) is 7.85. The van der Waals surface area contributed by atoms with Crippen molar-refractivity contribution in [3.63, 3.8) is 0 Å². The van der Waals surface area contributed by atoms with Gasteiger partial charge >= 0.3 is 0 Å². The Morgan fingerprint density at radius 2 is 1.95 bits per heavy atom. The van der Waals surface area contributed by atoms with Gasteiger partial charge in [0.15, 0.2) is 5.96 Å². The summed E-state index contributed by atoms with van der Waals surface area (Å²) in [5.74, 6) is 0.820. The van der Waals surface area contributed by atoms with E-state index < -0.39 is 0 Å². The number of rotatable bonds is 5. The molecule has 0 amide bonds. The Kier molecular flexibility index (Phi) is 5.75. The monoisotopic (exact) mass is 304 g/mol. The molecular formula is C16H24N4O2. The van der Waals surface area contributed by atoms with Gasteiger partial charge in [-0.25, -0.2) is 4.99 Å². The summed E-state index contributed by atoms with van der Waals surface area (Å²) >= 11 is 0. The largest absolute Gasteiger partial charge is 0.354 e. The molecule has 6 nitrogen and oxygen atoms in total. The summed E-state index contributed by atoms with van der Waals surface area (Å²) in [6.45, 7) is 4.67. The van der Waals surface area contributed by atoms with Crippen molar-refractivity contribution in [2.75, 3.05) is 0 Å². The predicted octanol–water partition coefficient (Wildman–Crippen LogP) is 2.98. The molecule has 0 atom stereocenters. The van der Waals surface area contributed by atoms with Crippen molar-refractivity contribution in [1.29, 1.82) is 0 Å². The van der Waals surface area contributed by atoms with Crippen LogP contribution in [0.1, 0.15) is 45.1 Å². The molecule has 2 rings (SSSR count). The molecule has 1 aliphatic rings. The van der Waals surface area contributed by atoms with Crippen LogP contribution < -0.4 is 10.6 Å². The fourth-order valence-corrected chi connectivity index (χ4v) is 2.56. The van der Waals surface area contributed by atoms with E-state index in [1.165, 1.54) is 37.8 Å². The van der Waals surface area contributed by atoms with Crippen LogP contribution in [-0.4, -0.2) is 23.0 Å². The summed E-state index contributed by atoms with van der Waals surface area (Å²) in [6, 6.07) is 7.36. The lowest BCUT2D eigenvalue weighted by Gasteiger charge is -2.19. The van der Waals surface area contributed by atoms with Crippen molar-refractivity contribution < 1.29 is 4.92 Å². The standard InChI is InChI=1S/C16H24N4O2/c1-12(2)18-16(19-14-5-3-4-6-14)17-11-13-7-9-15(10-8-13)20(21)22/h7-10,12,14H,3-6,11H2,1-2H3,(H2,17,18,19). The molecule has 0 aliphatic heterocycles. The number of aliphatic imine (C=N–C) groups is 1. The summed E-state index contributed by atoms with van der Waals surface area (Å²) in [5.41, 5.74) is 1.07. The zero-order chi connectivity index (χ0) is 15.9. The van der Waals surface area contributed by atoms with Crippen LogP contribution in [0.3, 0.4) is 0 Å². The normalized spacial score (nSPS) is 16.0. The maximum absolute atomic E-state index is 10.7. The van der Waals surface area contributed by atoms with E-state index in [0.717, 1.165) is 11.5 Å². The van der Waals surface area contributed by atoms with Crippen LogP contribution in [0.4, 0.5) is 5.69 Å². The Balaban J connectivity index is 1.99. The van der Waals surface area contributed by atoms with Crippen molar-refractivity contribution in [3.05, 3.63) is 39.9 Å². The number of hydrogen-bond donors (Lipinski definition) is 2. The summed E-state index contributed by atoms with van der Waals surface area (Å²) in [7, 11) is 0. The second-order valence-electron chi connectivity index (χ2n) is 6.01. The number of nitrogens with one attached hydrogen (secondary N) is 2. The Hall–Kier alpha value is -2.11. The van der Waals surface area contributed by atoms with Crippen LogP contribution in [0.2, 0.25) is 0 Å². The van der Waals surface area contributed by atoms with Crippen molar-refractivity contribution in [3.8, 4) is 0 Å². The van der Waals surface area contributed by atoms with Crippen LogP contribution in [0.15, 0.2) is 29.3 Å². The molecular weight excluding hydrogens is 280 g/mol. The van der Waals surface area contributed by atoms with E-state index in [-0.39, 0.29) is 10.6 Å². The van der Waals surface area contributed by atoms with Gasteiger partial charge in [-0.05, 0) is 32.3 Å². The fourth-order valence-electron chi connectivity index (χ4n) is 2.56. The highest BCUT2D eigenvalue weighted by Gasteiger charge is 2.16. The van der Waals surface area contributed by atoms with Crippen molar-refractivity contribution in [1.82, 2.24) is 10.6 Å². The van der Waals surface area contributed by atoms with Crippen molar-refractivity contribution >= 4 is 11.6 Å². The molecule has 120 valence electrons. The summed E-state index contributed by atoms with van der Waals surface area (Å²) in [4.78, 5) is 14.9. The molecule has 0 spiro atoms. The highest BCUT2D eigenvalue weighted by molar-refractivity contribution is 5.80. The highest BCUT2D eigenvalue weighted by Crippen LogP contribution is 2.17. The zero-order valence-corrected chi connectivity index (χ0v) is 13.2. The topological polar surface area (TPSA) is 79.6 Å². The summed E-state index contributed by atoms with van der Waals surface area (Å²) in [5, 5.41) is 17.5. The fraction of sp³-hybridized carbons (Fsp3) is 0.562. The first-order chi connectivity index (χ1) is 10.5. The molecule has 0 unspecified atom stereocenters. The first kappa shape index (κ1) is 16.3. The summed E-state index contributed by atoms with van der Waals surface area (Å²) in [6.07, 6.45) is 4.93. The molecule has 0 saturated heterocycles. The molecule has 22 heavy (non-hydrogen) atoms. The maximum atomic E-state index is 10.7. The van der Waals surface area contributed by atoms with E-state index in [2.05, 4.69) is 29.5 Å². The molecule has 2 N–H and O–H groups in total. The van der Waals surface area contributed by atoms with E-state index in [1.807, 2.05) is 0 Å². The van der Waals surface area contributed by atoms with E-state index in [9.17, 15) is 10.1 Å². The van der Waals surface area contributed by atoms with Gasteiger partial charge < -0.3 is 10.6 Å². The van der Waals surface area contributed by atoms with E-state index in [4.69, 9.17) is 0 Å². The Morgan fingerprint density at radius 1 is 1.32 bits per heavy atom. The Labute approximate surface area is 131 Å². The van der Waals surface area contributed by atoms with Gasteiger partial charge in [0.2, 0.25) is 0 Å². The molecule has 0 heterocycles.